The molecule has 0 aliphatic carbocycles. The van der Waals surface area contributed by atoms with E-state index < -0.39 is 0 Å². The average Bonchev–Trinajstić information content (AvgIpc) is 3.12. The van der Waals surface area contributed by atoms with Crippen LogP contribution in [-0.2, 0) is 0 Å². The van der Waals surface area contributed by atoms with Gasteiger partial charge < -0.3 is 19.7 Å². The lowest BCUT2D eigenvalue weighted by molar-refractivity contribution is 0.206. The Morgan fingerprint density at radius 2 is 1.88 bits per heavy atom. The molecule has 1 atom stereocenters. The maximum absolute atomic E-state index is 12.8. The van der Waals surface area contributed by atoms with Crippen molar-refractivity contribution in [2.45, 2.75) is 25.8 Å². The highest BCUT2D eigenvalue weighted by molar-refractivity contribution is 5.89. The van der Waals surface area contributed by atoms with Crippen molar-refractivity contribution in [2.24, 2.45) is 0 Å². The van der Waals surface area contributed by atoms with Crippen molar-refractivity contribution in [2.75, 3.05) is 26.1 Å². The minimum atomic E-state index is -0.0794. The fourth-order valence-corrected chi connectivity index (χ4v) is 3.26. The molecule has 5 heteroatoms. The maximum Gasteiger partial charge on any atom is 0.322 e. The Hall–Kier alpha value is -2.69. The molecule has 0 spiro atoms. The summed E-state index contributed by atoms with van der Waals surface area (Å²) in [6, 6.07) is 13.5. The van der Waals surface area contributed by atoms with Crippen LogP contribution in [-0.4, -0.2) is 31.7 Å². The highest BCUT2D eigenvalue weighted by Crippen LogP contribution is 2.38. The van der Waals surface area contributed by atoms with Gasteiger partial charge in [-0.2, -0.15) is 0 Å². The summed E-state index contributed by atoms with van der Waals surface area (Å²) in [5.74, 6) is 1.49. The molecule has 2 aromatic carbocycles. The van der Waals surface area contributed by atoms with Gasteiger partial charge in [0.1, 0.15) is 11.5 Å². The SMILES string of the molecule is COc1ccc(C2CCCN2C(=O)Nc2ccc(C)cc2)c(OC)c1. The Bertz CT molecular complexity index is 743. The number of carbonyl (C=O) groups excluding carboxylic acids is 1. The summed E-state index contributed by atoms with van der Waals surface area (Å²) in [6.45, 7) is 2.76. The molecule has 1 fully saturated rings. The van der Waals surface area contributed by atoms with Crippen molar-refractivity contribution in [1.29, 1.82) is 0 Å². The number of hydrogen-bond donors (Lipinski definition) is 1. The fourth-order valence-electron chi connectivity index (χ4n) is 3.26. The number of anilines is 1. The molecule has 3 rings (SSSR count). The molecule has 0 saturated carbocycles. The first-order valence-electron chi connectivity index (χ1n) is 8.48. The number of methoxy groups -OCH3 is 2. The van der Waals surface area contributed by atoms with Crippen LogP contribution < -0.4 is 14.8 Å². The standard InChI is InChI=1S/C20H24N2O3/c1-14-6-8-15(9-7-14)21-20(23)22-12-4-5-18(22)17-11-10-16(24-2)13-19(17)25-3/h6-11,13,18H,4-5,12H2,1-3H3,(H,21,23). The molecule has 25 heavy (non-hydrogen) atoms. The van der Waals surface area contributed by atoms with Crippen LogP contribution in [0.2, 0.25) is 0 Å². The highest BCUT2D eigenvalue weighted by atomic mass is 16.5. The van der Waals surface area contributed by atoms with Gasteiger partial charge in [0.2, 0.25) is 0 Å². The normalized spacial score (nSPS) is 16.6. The molecule has 5 nitrogen and oxygen atoms in total. The van der Waals surface area contributed by atoms with Crippen molar-refractivity contribution in [3.63, 3.8) is 0 Å². The van der Waals surface area contributed by atoms with Gasteiger partial charge in [-0.1, -0.05) is 17.7 Å². The first kappa shape index (κ1) is 17.1. The third-order valence-corrected chi connectivity index (χ3v) is 4.62. The van der Waals surface area contributed by atoms with E-state index in [4.69, 9.17) is 9.47 Å². The van der Waals surface area contributed by atoms with Crippen molar-refractivity contribution >= 4 is 11.7 Å². The number of amides is 2. The van der Waals surface area contributed by atoms with E-state index in [2.05, 4.69) is 5.32 Å². The second-order valence-electron chi connectivity index (χ2n) is 6.26. The third-order valence-electron chi connectivity index (χ3n) is 4.62. The number of hydrogen-bond acceptors (Lipinski definition) is 3. The van der Waals surface area contributed by atoms with Crippen molar-refractivity contribution in [3.8, 4) is 11.5 Å². The molecule has 1 saturated heterocycles. The number of aryl methyl sites for hydroxylation is 1. The van der Waals surface area contributed by atoms with E-state index in [1.807, 2.05) is 54.3 Å². The zero-order chi connectivity index (χ0) is 17.8. The molecule has 132 valence electrons. The summed E-state index contributed by atoms with van der Waals surface area (Å²) < 4.78 is 10.8. The number of urea groups is 1. The largest absolute Gasteiger partial charge is 0.497 e. The van der Waals surface area contributed by atoms with Gasteiger partial charge >= 0.3 is 6.03 Å². The molecule has 1 N–H and O–H groups in total. The Balaban J connectivity index is 1.80. The smallest absolute Gasteiger partial charge is 0.322 e. The van der Waals surface area contributed by atoms with Crippen LogP contribution in [0.4, 0.5) is 10.5 Å². The second-order valence-corrected chi connectivity index (χ2v) is 6.26. The van der Waals surface area contributed by atoms with E-state index in [9.17, 15) is 4.79 Å². The number of benzene rings is 2. The van der Waals surface area contributed by atoms with Crippen molar-refractivity contribution in [3.05, 3.63) is 53.6 Å². The lowest BCUT2D eigenvalue weighted by atomic mass is 10.0. The summed E-state index contributed by atoms with van der Waals surface area (Å²) in [5, 5.41) is 2.99. The van der Waals surface area contributed by atoms with Crippen LogP contribution in [0.25, 0.3) is 0 Å². The zero-order valence-electron chi connectivity index (χ0n) is 14.9. The lowest BCUT2D eigenvalue weighted by Crippen LogP contribution is -2.34. The van der Waals surface area contributed by atoms with Gasteiger partial charge in [0.05, 0.1) is 20.3 Å². The first-order valence-corrected chi connectivity index (χ1v) is 8.48. The molecule has 1 aliphatic rings. The van der Waals surface area contributed by atoms with Gasteiger partial charge in [0.25, 0.3) is 0 Å². The molecule has 1 heterocycles. The number of carbonyl (C=O) groups is 1. The quantitative estimate of drug-likeness (QED) is 0.898. The Morgan fingerprint density at radius 3 is 2.56 bits per heavy atom. The molecule has 1 unspecified atom stereocenters. The molecule has 2 amide bonds. The second kappa shape index (κ2) is 7.47. The molecular formula is C20H24N2O3. The predicted octanol–water partition coefficient (Wildman–Crippen LogP) is 4.38. The van der Waals surface area contributed by atoms with Crippen LogP contribution in [0, 0.1) is 6.92 Å². The van der Waals surface area contributed by atoms with Gasteiger partial charge in [-0.05, 0) is 44.0 Å². The summed E-state index contributed by atoms with van der Waals surface area (Å²) in [6.07, 6.45) is 1.89. The highest BCUT2D eigenvalue weighted by Gasteiger charge is 2.32. The topological polar surface area (TPSA) is 50.8 Å². The van der Waals surface area contributed by atoms with Gasteiger partial charge in [-0.25, -0.2) is 4.79 Å². The zero-order valence-corrected chi connectivity index (χ0v) is 14.9. The molecule has 0 radical (unpaired) electrons. The molecule has 0 bridgehead atoms. The van der Waals surface area contributed by atoms with E-state index >= 15 is 0 Å². The Morgan fingerprint density at radius 1 is 1.12 bits per heavy atom. The Kier molecular flexibility index (Phi) is 5.12. The summed E-state index contributed by atoms with van der Waals surface area (Å²) in [5.41, 5.74) is 2.99. The minimum absolute atomic E-state index is 0.00584. The first-order chi connectivity index (χ1) is 12.1. The number of nitrogens with zero attached hydrogens (tertiary/aromatic N) is 1. The van der Waals surface area contributed by atoms with Crippen molar-refractivity contribution < 1.29 is 14.3 Å². The molecule has 1 aliphatic heterocycles. The van der Waals surface area contributed by atoms with Gasteiger partial charge in [0.15, 0.2) is 0 Å². The van der Waals surface area contributed by atoms with E-state index in [1.165, 1.54) is 5.56 Å². The van der Waals surface area contributed by atoms with Crippen LogP contribution in [0.5, 0.6) is 11.5 Å². The number of nitrogens with one attached hydrogen (secondary N) is 1. The van der Waals surface area contributed by atoms with Gasteiger partial charge in [-0.3, -0.25) is 0 Å². The third kappa shape index (κ3) is 3.71. The predicted molar refractivity (Wildman–Crippen MR) is 98.4 cm³/mol. The van der Waals surface area contributed by atoms with Crippen LogP contribution in [0.15, 0.2) is 42.5 Å². The summed E-state index contributed by atoms with van der Waals surface area (Å²) in [7, 11) is 3.27. The minimum Gasteiger partial charge on any atom is -0.497 e. The van der Waals surface area contributed by atoms with Crippen LogP contribution in [0.1, 0.15) is 30.0 Å². The number of ether oxygens (including phenoxy) is 2. The van der Waals surface area contributed by atoms with E-state index in [0.29, 0.717) is 0 Å². The monoisotopic (exact) mass is 340 g/mol. The van der Waals surface area contributed by atoms with Crippen LogP contribution in [0.3, 0.4) is 0 Å². The molecule has 0 aromatic heterocycles. The maximum atomic E-state index is 12.8. The van der Waals surface area contributed by atoms with Crippen LogP contribution >= 0.6 is 0 Å². The summed E-state index contributed by atoms with van der Waals surface area (Å²) in [4.78, 5) is 14.6. The van der Waals surface area contributed by atoms with E-state index in [1.54, 1.807) is 14.2 Å². The van der Waals surface area contributed by atoms with E-state index in [0.717, 1.165) is 42.1 Å². The summed E-state index contributed by atoms with van der Waals surface area (Å²) >= 11 is 0. The molecular weight excluding hydrogens is 316 g/mol. The van der Waals surface area contributed by atoms with Crippen molar-refractivity contribution in [1.82, 2.24) is 4.90 Å². The fraction of sp³-hybridized carbons (Fsp3) is 0.350. The molecule has 2 aromatic rings. The van der Waals surface area contributed by atoms with Gasteiger partial charge in [0, 0.05) is 23.9 Å². The number of rotatable bonds is 4. The Labute approximate surface area is 148 Å². The number of likely N-dealkylation sites (tertiary alicyclic amines) is 1. The van der Waals surface area contributed by atoms with E-state index in [-0.39, 0.29) is 12.1 Å². The van der Waals surface area contributed by atoms with Gasteiger partial charge in [-0.15, -0.1) is 0 Å². The average molecular weight is 340 g/mol. The lowest BCUT2D eigenvalue weighted by Gasteiger charge is -2.26.